The molecule has 8 heteroatoms. The van der Waals surface area contributed by atoms with E-state index in [2.05, 4.69) is 39.0 Å². The molecule has 2 aromatic heterocycles. The van der Waals surface area contributed by atoms with Crippen LogP contribution in [0.1, 0.15) is 17.8 Å². The van der Waals surface area contributed by atoms with Crippen LogP contribution in [-0.2, 0) is 12.3 Å². The molecule has 0 radical (unpaired) electrons. The Morgan fingerprint density at radius 3 is 2.64 bits per heavy atom. The smallest absolute Gasteiger partial charge is 0.191 e. The summed E-state index contributed by atoms with van der Waals surface area (Å²) < 4.78 is 4.38. The van der Waals surface area contributed by atoms with E-state index in [1.54, 1.807) is 34.9 Å². The van der Waals surface area contributed by atoms with Crippen LogP contribution < -0.4 is 0 Å². The van der Waals surface area contributed by atoms with E-state index in [1.807, 2.05) is 36.4 Å². The molecule has 2 aromatic carbocycles. The monoisotopic (exact) mass is 423 g/mol. The fourth-order valence-electron chi connectivity index (χ4n) is 2.68. The quantitative estimate of drug-likeness (QED) is 0.285. The molecule has 0 atom stereocenters. The largest absolute Gasteiger partial charge is 0.301 e. The van der Waals surface area contributed by atoms with Crippen LogP contribution in [-0.4, -0.2) is 25.5 Å². The van der Waals surface area contributed by atoms with Gasteiger partial charge in [0.05, 0.1) is 28.6 Å². The predicted octanol–water partition coefficient (Wildman–Crippen LogP) is 5.23. The summed E-state index contributed by atoms with van der Waals surface area (Å²) in [6, 6.07) is 20.7. The number of thioether (sulfide) groups is 2. The van der Waals surface area contributed by atoms with Gasteiger partial charge in [0.2, 0.25) is 0 Å². The first-order valence-corrected chi connectivity index (χ1v) is 11.6. The van der Waals surface area contributed by atoms with Crippen LogP contribution in [0.5, 0.6) is 0 Å². The Labute approximate surface area is 175 Å². The number of fused-ring (bicyclic) bond motifs is 1. The average molecular weight is 424 g/mol. The summed E-state index contributed by atoms with van der Waals surface area (Å²) in [4.78, 5) is 4.69. The third-order valence-electron chi connectivity index (χ3n) is 4.02. The number of para-hydroxylation sites is 1. The van der Waals surface area contributed by atoms with Crippen molar-refractivity contribution in [3.8, 4) is 6.07 Å². The van der Waals surface area contributed by atoms with Crippen molar-refractivity contribution in [1.82, 2.24) is 19.7 Å². The molecule has 0 saturated heterocycles. The van der Waals surface area contributed by atoms with E-state index < -0.39 is 0 Å². The second-order valence-corrected chi connectivity index (χ2v) is 9.28. The Morgan fingerprint density at radius 2 is 1.82 bits per heavy atom. The highest BCUT2D eigenvalue weighted by Gasteiger charge is 2.14. The SMILES string of the molecule is N#CCCSc1nnc(CSc2nc3ccccc3s2)n1Cc1ccccc1. The maximum Gasteiger partial charge on any atom is 0.191 e. The summed E-state index contributed by atoms with van der Waals surface area (Å²) in [6.07, 6.45) is 0.499. The fraction of sp³-hybridized carbons (Fsp3) is 0.200. The van der Waals surface area contributed by atoms with E-state index in [1.165, 1.54) is 10.3 Å². The number of benzene rings is 2. The van der Waals surface area contributed by atoms with Crippen molar-refractivity contribution in [2.24, 2.45) is 0 Å². The molecule has 0 unspecified atom stereocenters. The number of nitriles is 1. The summed E-state index contributed by atoms with van der Waals surface area (Å²) in [6.45, 7) is 0.721. The third-order valence-corrected chi connectivity index (χ3v) is 7.16. The number of thiazole rings is 1. The highest BCUT2D eigenvalue weighted by atomic mass is 32.2. The molecule has 0 bridgehead atoms. The second-order valence-electron chi connectivity index (χ2n) is 5.96. The molecule has 2 heterocycles. The van der Waals surface area contributed by atoms with Gasteiger partial charge in [0, 0.05) is 12.2 Å². The van der Waals surface area contributed by atoms with Crippen LogP contribution >= 0.6 is 34.9 Å². The van der Waals surface area contributed by atoms with Crippen LogP contribution in [0.4, 0.5) is 0 Å². The van der Waals surface area contributed by atoms with Crippen molar-refractivity contribution in [2.75, 3.05) is 5.75 Å². The predicted molar refractivity (Wildman–Crippen MR) is 116 cm³/mol. The Morgan fingerprint density at radius 1 is 1.00 bits per heavy atom. The van der Waals surface area contributed by atoms with Crippen LogP contribution in [0.3, 0.4) is 0 Å². The molecule has 0 aliphatic rings. The van der Waals surface area contributed by atoms with Gasteiger partial charge in [0.25, 0.3) is 0 Å². The van der Waals surface area contributed by atoms with Crippen LogP contribution in [0.25, 0.3) is 10.2 Å². The van der Waals surface area contributed by atoms with Crippen molar-refractivity contribution >= 4 is 45.1 Å². The molecule has 0 fully saturated rings. The highest BCUT2D eigenvalue weighted by Crippen LogP contribution is 2.32. The zero-order valence-electron chi connectivity index (χ0n) is 15.0. The Balaban J connectivity index is 1.53. The van der Waals surface area contributed by atoms with Crippen molar-refractivity contribution in [1.29, 1.82) is 5.26 Å². The molecular formula is C20H17N5S3. The highest BCUT2D eigenvalue weighted by molar-refractivity contribution is 8.00. The maximum atomic E-state index is 8.81. The maximum absolute atomic E-state index is 8.81. The normalized spacial score (nSPS) is 11.0. The van der Waals surface area contributed by atoms with E-state index in [0.29, 0.717) is 17.9 Å². The number of hydrogen-bond donors (Lipinski definition) is 0. The Bertz CT molecular complexity index is 1060. The lowest BCUT2D eigenvalue weighted by molar-refractivity contribution is 0.685. The minimum absolute atomic E-state index is 0.499. The summed E-state index contributed by atoms with van der Waals surface area (Å²) in [5.74, 6) is 2.35. The van der Waals surface area contributed by atoms with E-state index >= 15 is 0 Å². The van der Waals surface area contributed by atoms with Crippen molar-refractivity contribution in [3.05, 3.63) is 66.0 Å². The van der Waals surface area contributed by atoms with E-state index in [-0.39, 0.29) is 0 Å². The standard InChI is InChI=1S/C20H17N5S3/c21-11-6-12-26-19-24-23-18(25(19)13-15-7-2-1-3-8-15)14-27-20-22-16-9-4-5-10-17(16)28-20/h1-5,7-10H,6,12-14H2. The average Bonchev–Trinajstić information content (AvgIpc) is 3.31. The van der Waals surface area contributed by atoms with Gasteiger partial charge in [-0.3, -0.25) is 0 Å². The van der Waals surface area contributed by atoms with Crippen LogP contribution in [0.2, 0.25) is 0 Å². The lowest BCUT2D eigenvalue weighted by Gasteiger charge is -2.09. The number of hydrogen-bond acceptors (Lipinski definition) is 7. The van der Waals surface area contributed by atoms with Gasteiger partial charge in [-0.25, -0.2) is 4.98 Å². The van der Waals surface area contributed by atoms with E-state index in [9.17, 15) is 0 Å². The molecule has 0 saturated carbocycles. The second kappa shape index (κ2) is 9.24. The zero-order chi connectivity index (χ0) is 19.2. The van der Waals surface area contributed by atoms with Crippen LogP contribution in [0.15, 0.2) is 64.1 Å². The topological polar surface area (TPSA) is 67.4 Å². The lowest BCUT2D eigenvalue weighted by atomic mass is 10.2. The van der Waals surface area contributed by atoms with Gasteiger partial charge in [0.1, 0.15) is 5.82 Å². The lowest BCUT2D eigenvalue weighted by Crippen LogP contribution is -2.06. The first-order chi connectivity index (χ1) is 13.8. The van der Waals surface area contributed by atoms with Gasteiger partial charge in [-0.05, 0) is 17.7 Å². The van der Waals surface area contributed by atoms with Gasteiger partial charge in [0.15, 0.2) is 9.50 Å². The summed E-state index contributed by atoms with van der Waals surface area (Å²) in [7, 11) is 0. The molecule has 0 N–H and O–H groups in total. The molecule has 140 valence electrons. The fourth-order valence-corrected chi connectivity index (χ4v) is 5.49. The number of rotatable bonds is 8. The van der Waals surface area contributed by atoms with Gasteiger partial charge in [-0.2, -0.15) is 5.26 Å². The molecule has 4 rings (SSSR count). The van der Waals surface area contributed by atoms with E-state index in [0.717, 1.165) is 27.4 Å². The van der Waals surface area contributed by atoms with E-state index in [4.69, 9.17) is 10.2 Å². The minimum atomic E-state index is 0.499. The van der Waals surface area contributed by atoms with Gasteiger partial charge < -0.3 is 4.57 Å². The van der Waals surface area contributed by atoms with Gasteiger partial charge in [-0.1, -0.05) is 66.0 Å². The first-order valence-electron chi connectivity index (χ1n) is 8.77. The minimum Gasteiger partial charge on any atom is -0.301 e. The molecule has 5 nitrogen and oxygen atoms in total. The number of aromatic nitrogens is 4. The molecule has 0 aliphatic carbocycles. The van der Waals surface area contributed by atoms with Crippen LogP contribution in [0, 0.1) is 11.3 Å². The summed E-state index contributed by atoms with van der Waals surface area (Å²) in [5, 5.41) is 18.5. The molecule has 0 amide bonds. The molecular weight excluding hydrogens is 406 g/mol. The molecule has 0 aliphatic heterocycles. The third kappa shape index (κ3) is 4.55. The molecule has 28 heavy (non-hydrogen) atoms. The zero-order valence-corrected chi connectivity index (χ0v) is 17.4. The van der Waals surface area contributed by atoms with Crippen molar-refractivity contribution in [3.63, 3.8) is 0 Å². The van der Waals surface area contributed by atoms with Crippen molar-refractivity contribution < 1.29 is 0 Å². The first kappa shape index (κ1) is 19.0. The summed E-state index contributed by atoms with van der Waals surface area (Å²) >= 11 is 4.97. The van der Waals surface area contributed by atoms with Gasteiger partial charge in [-0.15, -0.1) is 21.5 Å². The Hall–Kier alpha value is -2.34. The molecule has 4 aromatic rings. The summed E-state index contributed by atoms with van der Waals surface area (Å²) in [5.41, 5.74) is 2.24. The van der Waals surface area contributed by atoms with Gasteiger partial charge >= 0.3 is 0 Å². The molecule has 0 spiro atoms. The van der Waals surface area contributed by atoms with Crippen molar-refractivity contribution in [2.45, 2.75) is 28.2 Å². The Kier molecular flexibility index (Phi) is 6.27. The number of nitrogens with zero attached hydrogens (tertiary/aromatic N) is 5.